The molecular weight excluding hydrogens is 404 g/mol. The molecule has 0 aromatic carbocycles. The molecule has 0 radical (unpaired) electrons. The SMILES string of the molecule is Cc1csc([C@H]2CCCN2C(=O)c2cc(C(=O)NN)nc(N3C(=O)CCC3C)c2)n1. The van der Waals surface area contributed by atoms with Crippen molar-refractivity contribution in [2.24, 2.45) is 5.84 Å². The molecule has 2 aromatic heterocycles. The largest absolute Gasteiger partial charge is 0.329 e. The third-order valence-corrected chi connectivity index (χ3v) is 6.65. The van der Waals surface area contributed by atoms with Gasteiger partial charge in [-0.15, -0.1) is 11.3 Å². The van der Waals surface area contributed by atoms with Crippen molar-refractivity contribution < 1.29 is 14.4 Å². The Bertz CT molecular complexity index is 1010. The number of nitrogen functional groups attached to an aromatic ring is 1. The Balaban J connectivity index is 1.71. The normalized spacial score (nSPS) is 21.4. The van der Waals surface area contributed by atoms with Crippen molar-refractivity contribution in [3.63, 3.8) is 0 Å². The minimum atomic E-state index is -0.612. The minimum Gasteiger partial charge on any atom is -0.329 e. The van der Waals surface area contributed by atoms with Gasteiger partial charge in [-0.1, -0.05) is 0 Å². The van der Waals surface area contributed by atoms with Gasteiger partial charge in [0.05, 0.1) is 6.04 Å². The zero-order chi connectivity index (χ0) is 21.4. The number of aryl methyl sites for hydroxylation is 1. The van der Waals surface area contributed by atoms with E-state index in [0.717, 1.165) is 23.5 Å². The average Bonchev–Trinajstić information content (AvgIpc) is 3.46. The number of thiazole rings is 1. The number of likely N-dealkylation sites (tertiary alicyclic amines) is 1. The molecule has 2 atom stereocenters. The summed E-state index contributed by atoms with van der Waals surface area (Å²) in [6.45, 7) is 4.46. The molecule has 0 bridgehead atoms. The van der Waals surface area contributed by atoms with Crippen LogP contribution < -0.4 is 16.2 Å². The van der Waals surface area contributed by atoms with Gasteiger partial charge >= 0.3 is 0 Å². The molecule has 4 rings (SSSR count). The number of hydrazine groups is 1. The number of hydrogen-bond donors (Lipinski definition) is 2. The van der Waals surface area contributed by atoms with Gasteiger partial charge in [-0.05, 0) is 45.2 Å². The van der Waals surface area contributed by atoms with Crippen LogP contribution in [0.3, 0.4) is 0 Å². The van der Waals surface area contributed by atoms with E-state index in [2.05, 4.69) is 15.4 Å². The first-order chi connectivity index (χ1) is 14.4. The van der Waals surface area contributed by atoms with Gasteiger partial charge in [0.1, 0.15) is 16.5 Å². The van der Waals surface area contributed by atoms with Crippen LogP contribution in [-0.4, -0.2) is 45.2 Å². The van der Waals surface area contributed by atoms with E-state index in [1.807, 2.05) is 19.2 Å². The Morgan fingerprint density at radius 2 is 2.07 bits per heavy atom. The van der Waals surface area contributed by atoms with Crippen molar-refractivity contribution in [3.05, 3.63) is 39.5 Å². The van der Waals surface area contributed by atoms with Gasteiger partial charge in [0.25, 0.3) is 11.8 Å². The molecule has 30 heavy (non-hydrogen) atoms. The van der Waals surface area contributed by atoms with E-state index in [4.69, 9.17) is 5.84 Å². The van der Waals surface area contributed by atoms with E-state index in [1.54, 1.807) is 27.2 Å². The van der Waals surface area contributed by atoms with Gasteiger partial charge in [0.15, 0.2) is 0 Å². The van der Waals surface area contributed by atoms with Crippen molar-refractivity contribution in [2.45, 2.75) is 51.6 Å². The van der Waals surface area contributed by atoms with Gasteiger partial charge < -0.3 is 4.90 Å². The zero-order valence-electron chi connectivity index (χ0n) is 16.9. The maximum absolute atomic E-state index is 13.4. The summed E-state index contributed by atoms with van der Waals surface area (Å²) in [6.07, 6.45) is 2.84. The van der Waals surface area contributed by atoms with Crippen LogP contribution in [0.15, 0.2) is 17.5 Å². The molecule has 3 amide bonds. The van der Waals surface area contributed by atoms with Crippen LogP contribution in [0, 0.1) is 6.92 Å². The highest BCUT2D eigenvalue weighted by Crippen LogP contribution is 2.35. The molecule has 3 N–H and O–H groups in total. The molecular formula is C20H24N6O3S. The molecule has 2 aromatic rings. The topological polar surface area (TPSA) is 122 Å². The molecule has 9 nitrogen and oxygen atoms in total. The first-order valence-corrected chi connectivity index (χ1v) is 10.8. The molecule has 10 heteroatoms. The van der Waals surface area contributed by atoms with Gasteiger partial charge in [0, 0.05) is 35.6 Å². The van der Waals surface area contributed by atoms with E-state index >= 15 is 0 Å². The molecule has 2 fully saturated rings. The van der Waals surface area contributed by atoms with Crippen LogP contribution >= 0.6 is 11.3 Å². The molecule has 1 unspecified atom stereocenters. The predicted octanol–water partition coefficient (Wildman–Crippen LogP) is 1.94. The lowest BCUT2D eigenvalue weighted by molar-refractivity contribution is -0.117. The summed E-state index contributed by atoms with van der Waals surface area (Å²) in [5.41, 5.74) is 3.31. The fourth-order valence-corrected chi connectivity index (χ4v) is 5.03. The summed E-state index contributed by atoms with van der Waals surface area (Å²) in [4.78, 5) is 50.2. The molecule has 2 aliphatic rings. The van der Waals surface area contributed by atoms with Gasteiger partial charge in [-0.2, -0.15) is 0 Å². The van der Waals surface area contributed by atoms with E-state index in [-0.39, 0.29) is 29.6 Å². The Morgan fingerprint density at radius 1 is 1.27 bits per heavy atom. The van der Waals surface area contributed by atoms with Gasteiger partial charge in [0.2, 0.25) is 5.91 Å². The minimum absolute atomic E-state index is 0.00564. The van der Waals surface area contributed by atoms with Crippen LogP contribution in [0.1, 0.15) is 70.2 Å². The summed E-state index contributed by atoms with van der Waals surface area (Å²) in [6, 6.07) is 2.88. The average molecular weight is 429 g/mol. The summed E-state index contributed by atoms with van der Waals surface area (Å²) < 4.78 is 0. The number of carbonyl (C=O) groups is 3. The highest BCUT2D eigenvalue weighted by molar-refractivity contribution is 7.09. The number of amides is 3. The molecule has 2 saturated heterocycles. The Morgan fingerprint density at radius 3 is 2.70 bits per heavy atom. The monoisotopic (exact) mass is 428 g/mol. The second-order valence-electron chi connectivity index (χ2n) is 7.71. The first kappa shape index (κ1) is 20.4. The molecule has 158 valence electrons. The summed E-state index contributed by atoms with van der Waals surface area (Å²) in [5, 5.41) is 2.89. The number of rotatable bonds is 4. The standard InChI is InChI=1S/C20H24N6O3S/c1-11-10-30-19(22-11)15-4-3-7-25(15)20(29)13-8-14(18(28)24-21)23-16(9-13)26-12(2)5-6-17(26)27/h8-10,12,15H,3-7,21H2,1-2H3,(H,24,28)/t12?,15-/m1/s1. The molecule has 0 saturated carbocycles. The highest BCUT2D eigenvalue weighted by atomic mass is 32.1. The maximum atomic E-state index is 13.4. The number of pyridine rings is 1. The number of hydrogen-bond acceptors (Lipinski definition) is 7. The summed E-state index contributed by atoms with van der Waals surface area (Å²) in [5.74, 6) is 4.70. The Kier molecular flexibility index (Phi) is 5.52. The smallest absolute Gasteiger partial charge is 0.283 e. The van der Waals surface area contributed by atoms with E-state index < -0.39 is 5.91 Å². The number of nitrogens with one attached hydrogen (secondary N) is 1. The lowest BCUT2D eigenvalue weighted by Gasteiger charge is -2.25. The number of carbonyl (C=O) groups excluding carboxylic acids is 3. The summed E-state index contributed by atoms with van der Waals surface area (Å²) >= 11 is 1.55. The second kappa shape index (κ2) is 8.11. The zero-order valence-corrected chi connectivity index (χ0v) is 17.7. The molecule has 4 heterocycles. The van der Waals surface area contributed by atoms with E-state index in [1.165, 1.54) is 6.07 Å². The maximum Gasteiger partial charge on any atom is 0.283 e. The fraction of sp³-hybridized carbons (Fsp3) is 0.450. The Labute approximate surface area is 178 Å². The van der Waals surface area contributed by atoms with Crippen molar-refractivity contribution in [1.29, 1.82) is 0 Å². The Hall–Kier alpha value is -2.85. The van der Waals surface area contributed by atoms with Crippen LogP contribution in [-0.2, 0) is 4.79 Å². The van der Waals surface area contributed by atoms with Crippen LogP contribution in [0.25, 0.3) is 0 Å². The lowest BCUT2D eigenvalue weighted by atomic mass is 10.1. The van der Waals surface area contributed by atoms with Crippen molar-refractivity contribution >= 4 is 34.9 Å². The van der Waals surface area contributed by atoms with Gasteiger partial charge in [-0.3, -0.25) is 24.7 Å². The number of aromatic nitrogens is 2. The third-order valence-electron chi connectivity index (χ3n) is 5.59. The van der Waals surface area contributed by atoms with Crippen LogP contribution in [0.2, 0.25) is 0 Å². The third kappa shape index (κ3) is 3.68. The number of nitrogens with two attached hydrogens (primary N) is 1. The summed E-state index contributed by atoms with van der Waals surface area (Å²) in [7, 11) is 0. The predicted molar refractivity (Wildman–Crippen MR) is 112 cm³/mol. The van der Waals surface area contributed by atoms with E-state index in [9.17, 15) is 14.4 Å². The van der Waals surface area contributed by atoms with E-state index in [0.29, 0.717) is 30.8 Å². The molecule has 0 spiro atoms. The fourth-order valence-electron chi connectivity index (χ4n) is 4.09. The van der Waals surface area contributed by atoms with Crippen molar-refractivity contribution in [3.8, 4) is 0 Å². The van der Waals surface area contributed by atoms with Crippen LogP contribution in [0.5, 0.6) is 0 Å². The molecule has 0 aliphatic carbocycles. The quantitative estimate of drug-likeness (QED) is 0.436. The number of anilines is 1. The van der Waals surface area contributed by atoms with Crippen molar-refractivity contribution in [1.82, 2.24) is 20.3 Å². The lowest BCUT2D eigenvalue weighted by Crippen LogP contribution is -2.35. The molecule has 2 aliphatic heterocycles. The number of nitrogens with zero attached hydrogens (tertiary/aromatic N) is 4. The van der Waals surface area contributed by atoms with Crippen molar-refractivity contribution in [2.75, 3.05) is 11.4 Å². The second-order valence-corrected chi connectivity index (χ2v) is 8.60. The van der Waals surface area contributed by atoms with Gasteiger partial charge in [-0.25, -0.2) is 15.8 Å². The highest BCUT2D eigenvalue weighted by Gasteiger charge is 2.35. The first-order valence-electron chi connectivity index (χ1n) is 9.97. The van der Waals surface area contributed by atoms with Crippen LogP contribution in [0.4, 0.5) is 5.82 Å².